The molecular weight excluding hydrogens is 356 g/mol. The van der Waals surface area contributed by atoms with Crippen molar-refractivity contribution in [3.05, 3.63) is 96.6 Å². The van der Waals surface area contributed by atoms with Crippen LogP contribution in [0.4, 0.5) is 5.69 Å². The highest BCUT2D eigenvalue weighted by Gasteiger charge is 2.17. The van der Waals surface area contributed by atoms with Crippen LogP contribution in [0.2, 0.25) is 0 Å². The molecule has 0 saturated heterocycles. The van der Waals surface area contributed by atoms with Crippen LogP contribution >= 0.6 is 0 Å². The normalized spacial score (nSPS) is 11.1. The predicted octanol–water partition coefficient (Wildman–Crippen LogP) is 7.20. The first-order chi connectivity index (χ1) is 14.3. The van der Waals surface area contributed by atoms with Crippen molar-refractivity contribution >= 4 is 23.5 Å². The molecule has 0 aliphatic carbocycles. The molecule has 140 valence electrons. The molecule has 5 aromatic rings. The van der Waals surface area contributed by atoms with Crippen molar-refractivity contribution in [1.29, 1.82) is 0 Å². The molecule has 0 fully saturated rings. The van der Waals surface area contributed by atoms with Crippen LogP contribution in [0.5, 0.6) is 0 Å². The van der Waals surface area contributed by atoms with Gasteiger partial charge in [0.1, 0.15) is 11.2 Å². The van der Waals surface area contributed by atoms with Crippen LogP contribution in [0.3, 0.4) is 0 Å². The van der Waals surface area contributed by atoms with Gasteiger partial charge in [-0.15, -0.1) is 0 Å². The number of aryl methyl sites for hydroxylation is 1. The number of nitrogens with zero attached hydrogens (tertiary/aromatic N) is 2. The number of hydrogen-bond donors (Lipinski definition) is 0. The Hall–Kier alpha value is -3.85. The molecular formula is C26H20N2O. The van der Waals surface area contributed by atoms with Gasteiger partial charge in [0.25, 0.3) is 0 Å². The number of aliphatic imine (C=N–C) groups is 1. The molecule has 0 unspecified atom stereocenters. The number of fused-ring (bicyclic) bond motifs is 1. The van der Waals surface area contributed by atoms with E-state index in [1.54, 1.807) is 0 Å². The summed E-state index contributed by atoms with van der Waals surface area (Å²) in [4.78, 5) is 4.11. The Morgan fingerprint density at radius 2 is 1.45 bits per heavy atom. The number of benzene rings is 4. The fourth-order valence-electron chi connectivity index (χ4n) is 3.81. The number of hydrogen-bond acceptors (Lipinski definition) is 2. The Labute approximate surface area is 169 Å². The van der Waals surface area contributed by atoms with Crippen molar-refractivity contribution < 1.29 is 4.52 Å². The number of para-hydroxylation sites is 3. The van der Waals surface area contributed by atoms with Crippen LogP contribution in [-0.4, -0.2) is 11.5 Å². The first-order valence-corrected chi connectivity index (χ1v) is 9.59. The standard InChI is InChI=1S/C26H20N2O/c1-18-9-3-4-12-21(18)19-10-7-11-20(17-19)22-13-8-16-25-26(22)29-28(25)24-15-6-5-14-23(24)27-2/h3-17H,2H2,1H3. The van der Waals surface area contributed by atoms with Gasteiger partial charge >= 0.3 is 0 Å². The molecule has 0 aliphatic heterocycles. The molecule has 29 heavy (non-hydrogen) atoms. The third kappa shape index (κ3) is 2.88. The summed E-state index contributed by atoms with van der Waals surface area (Å²) in [6.45, 7) is 5.81. The number of aromatic nitrogens is 1. The van der Waals surface area contributed by atoms with Crippen LogP contribution < -0.4 is 0 Å². The highest BCUT2D eigenvalue weighted by Crippen LogP contribution is 2.37. The van der Waals surface area contributed by atoms with Gasteiger partial charge in [-0.3, -0.25) is 4.99 Å². The van der Waals surface area contributed by atoms with E-state index in [2.05, 4.69) is 85.4 Å². The van der Waals surface area contributed by atoms with E-state index in [0.29, 0.717) is 0 Å². The Kier molecular flexibility index (Phi) is 4.14. The van der Waals surface area contributed by atoms with Crippen molar-refractivity contribution in [2.24, 2.45) is 4.99 Å². The summed E-state index contributed by atoms with van der Waals surface area (Å²) in [5.74, 6) is 0. The van der Waals surface area contributed by atoms with E-state index < -0.39 is 0 Å². The van der Waals surface area contributed by atoms with Gasteiger partial charge in [0.15, 0.2) is 5.58 Å². The summed E-state index contributed by atoms with van der Waals surface area (Å²) in [6, 6.07) is 31.1. The molecule has 0 aliphatic rings. The summed E-state index contributed by atoms with van der Waals surface area (Å²) in [5.41, 5.74) is 9.53. The van der Waals surface area contributed by atoms with Crippen molar-refractivity contribution in [1.82, 2.24) is 4.74 Å². The zero-order valence-corrected chi connectivity index (χ0v) is 16.2. The molecule has 4 aromatic carbocycles. The molecule has 0 spiro atoms. The number of rotatable bonds is 4. The SMILES string of the molecule is C=Nc1ccccc1-n1oc2c(-c3cccc(-c4ccccc4C)c3)cccc21. The van der Waals surface area contributed by atoms with E-state index in [1.807, 2.05) is 29.0 Å². The van der Waals surface area contributed by atoms with Crippen molar-refractivity contribution in [2.75, 3.05) is 0 Å². The predicted molar refractivity (Wildman–Crippen MR) is 120 cm³/mol. The fraction of sp³-hybridized carbons (Fsp3) is 0.0385. The van der Waals surface area contributed by atoms with Crippen LogP contribution in [0.1, 0.15) is 5.56 Å². The minimum Gasteiger partial charge on any atom is -0.371 e. The van der Waals surface area contributed by atoms with E-state index >= 15 is 0 Å². The van der Waals surface area contributed by atoms with Gasteiger partial charge in [-0.1, -0.05) is 66.7 Å². The molecule has 0 saturated carbocycles. The first-order valence-electron chi connectivity index (χ1n) is 9.59. The van der Waals surface area contributed by atoms with E-state index in [0.717, 1.165) is 33.6 Å². The van der Waals surface area contributed by atoms with Gasteiger partial charge in [0.05, 0.1) is 5.69 Å². The van der Waals surface area contributed by atoms with Gasteiger partial charge in [0, 0.05) is 5.56 Å². The zero-order chi connectivity index (χ0) is 19.8. The summed E-state index contributed by atoms with van der Waals surface area (Å²) < 4.78 is 7.93. The highest BCUT2D eigenvalue weighted by molar-refractivity contribution is 5.93. The van der Waals surface area contributed by atoms with Crippen LogP contribution in [0.15, 0.2) is 101 Å². The maximum absolute atomic E-state index is 6.11. The molecule has 0 N–H and O–H groups in total. The molecule has 3 heteroatoms. The lowest BCUT2D eigenvalue weighted by Gasteiger charge is -2.18. The largest absolute Gasteiger partial charge is 0.371 e. The maximum Gasteiger partial charge on any atom is 0.190 e. The minimum absolute atomic E-state index is 0.796. The first kappa shape index (κ1) is 17.3. The third-order valence-corrected chi connectivity index (χ3v) is 5.30. The second-order valence-electron chi connectivity index (χ2n) is 7.08. The molecule has 5 rings (SSSR count). The lowest BCUT2D eigenvalue weighted by atomic mass is 9.96. The second kappa shape index (κ2) is 6.95. The molecule has 0 amide bonds. The lowest BCUT2D eigenvalue weighted by Crippen LogP contribution is -2.03. The second-order valence-corrected chi connectivity index (χ2v) is 7.08. The Morgan fingerprint density at radius 1 is 0.759 bits per heavy atom. The lowest BCUT2D eigenvalue weighted by molar-refractivity contribution is 0.349. The van der Waals surface area contributed by atoms with Crippen LogP contribution in [-0.2, 0) is 0 Å². The quantitative estimate of drug-likeness (QED) is 0.305. The molecule has 1 heterocycles. The Bertz CT molecular complexity index is 1340. The Morgan fingerprint density at radius 3 is 2.28 bits per heavy atom. The smallest absolute Gasteiger partial charge is 0.190 e. The average Bonchev–Trinajstić information content (AvgIpc) is 2.75. The summed E-state index contributed by atoms with van der Waals surface area (Å²) in [7, 11) is 0. The molecule has 0 bridgehead atoms. The molecule has 3 nitrogen and oxygen atoms in total. The van der Waals surface area contributed by atoms with Gasteiger partial charge in [-0.05, 0) is 60.2 Å². The van der Waals surface area contributed by atoms with Gasteiger partial charge in [-0.25, -0.2) is 0 Å². The fourth-order valence-corrected chi connectivity index (χ4v) is 3.81. The van der Waals surface area contributed by atoms with Crippen molar-refractivity contribution in [3.8, 4) is 27.9 Å². The van der Waals surface area contributed by atoms with Crippen molar-refractivity contribution in [2.45, 2.75) is 6.92 Å². The minimum atomic E-state index is 0.796. The van der Waals surface area contributed by atoms with Gasteiger partial charge < -0.3 is 4.52 Å². The third-order valence-electron chi connectivity index (χ3n) is 5.30. The zero-order valence-electron chi connectivity index (χ0n) is 16.2. The summed E-state index contributed by atoms with van der Waals surface area (Å²) in [6.07, 6.45) is 0. The topological polar surface area (TPSA) is 30.4 Å². The van der Waals surface area contributed by atoms with E-state index in [9.17, 15) is 0 Å². The maximum atomic E-state index is 6.11. The summed E-state index contributed by atoms with van der Waals surface area (Å²) >= 11 is 0. The van der Waals surface area contributed by atoms with Crippen molar-refractivity contribution in [3.63, 3.8) is 0 Å². The van der Waals surface area contributed by atoms with E-state index in [4.69, 9.17) is 4.52 Å². The van der Waals surface area contributed by atoms with Gasteiger partial charge in [0.2, 0.25) is 0 Å². The highest BCUT2D eigenvalue weighted by atomic mass is 16.5. The summed E-state index contributed by atoms with van der Waals surface area (Å²) in [5, 5.41) is 0. The van der Waals surface area contributed by atoms with Gasteiger partial charge in [-0.2, -0.15) is 4.74 Å². The molecule has 0 radical (unpaired) electrons. The monoisotopic (exact) mass is 376 g/mol. The average molecular weight is 376 g/mol. The van der Waals surface area contributed by atoms with Crippen LogP contribution in [0.25, 0.3) is 39.0 Å². The van der Waals surface area contributed by atoms with Crippen LogP contribution in [0, 0.1) is 6.92 Å². The molecule has 1 aromatic heterocycles. The molecule has 0 atom stereocenters. The van der Waals surface area contributed by atoms with E-state index in [1.165, 1.54) is 16.7 Å². The Balaban J connectivity index is 1.62. The van der Waals surface area contributed by atoms with E-state index in [-0.39, 0.29) is 0 Å².